The number of rotatable bonds is 2. The molecule has 0 spiro atoms. The van der Waals surface area contributed by atoms with Crippen molar-refractivity contribution >= 4 is 0 Å². The van der Waals surface area contributed by atoms with E-state index >= 15 is 0 Å². The van der Waals surface area contributed by atoms with Crippen LogP contribution in [0.5, 0.6) is 11.6 Å². The molecule has 17 heavy (non-hydrogen) atoms. The van der Waals surface area contributed by atoms with Crippen LogP contribution >= 0.6 is 0 Å². The molecule has 88 valence electrons. The van der Waals surface area contributed by atoms with E-state index in [1.165, 1.54) is 6.33 Å². The van der Waals surface area contributed by atoms with Gasteiger partial charge in [-0.2, -0.15) is 0 Å². The Balaban J connectivity index is 2.35. The van der Waals surface area contributed by atoms with E-state index in [4.69, 9.17) is 4.74 Å². The molecular formula is C13H15N3O. The highest BCUT2D eigenvalue weighted by Crippen LogP contribution is 2.25. The van der Waals surface area contributed by atoms with Gasteiger partial charge in [0, 0.05) is 17.0 Å². The summed E-state index contributed by atoms with van der Waals surface area (Å²) in [6, 6.07) is 3.83. The Labute approximate surface area is 101 Å². The lowest BCUT2D eigenvalue weighted by atomic mass is 10.2. The average molecular weight is 229 g/mol. The molecular weight excluding hydrogens is 214 g/mol. The molecule has 0 saturated carbocycles. The Bertz CT molecular complexity index is 552. The summed E-state index contributed by atoms with van der Waals surface area (Å²) >= 11 is 0. The van der Waals surface area contributed by atoms with Crippen molar-refractivity contribution in [3.63, 3.8) is 0 Å². The lowest BCUT2D eigenvalue weighted by Gasteiger charge is -2.10. The van der Waals surface area contributed by atoms with Gasteiger partial charge in [-0.3, -0.25) is 4.98 Å². The largest absolute Gasteiger partial charge is 0.437 e. The number of pyridine rings is 1. The monoisotopic (exact) mass is 229 g/mol. The van der Waals surface area contributed by atoms with Crippen LogP contribution in [0.1, 0.15) is 22.6 Å². The molecule has 0 aliphatic carbocycles. The molecule has 0 amide bonds. The summed E-state index contributed by atoms with van der Waals surface area (Å²) in [6.07, 6.45) is 1.51. The molecule has 0 aliphatic heterocycles. The molecule has 0 fully saturated rings. The number of nitrogens with zero attached hydrogens (tertiary/aromatic N) is 3. The number of aryl methyl sites for hydroxylation is 3. The van der Waals surface area contributed by atoms with E-state index in [2.05, 4.69) is 15.0 Å². The number of hydrogen-bond donors (Lipinski definition) is 0. The van der Waals surface area contributed by atoms with Crippen LogP contribution in [0.3, 0.4) is 0 Å². The molecule has 0 aliphatic rings. The quantitative estimate of drug-likeness (QED) is 0.794. The fourth-order valence-electron chi connectivity index (χ4n) is 1.51. The Morgan fingerprint density at radius 3 is 2.41 bits per heavy atom. The molecule has 0 saturated heterocycles. The third kappa shape index (κ3) is 2.41. The van der Waals surface area contributed by atoms with E-state index in [-0.39, 0.29) is 0 Å². The van der Waals surface area contributed by atoms with E-state index < -0.39 is 0 Å². The van der Waals surface area contributed by atoms with Crippen LogP contribution in [0.4, 0.5) is 0 Å². The summed E-state index contributed by atoms with van der Waals surface area (Å²) in [7, 11) is 0. The van der Waals surface area contributed by atoms with E-state index in [9.17, 15) is 0 Å². The van der Waals surface area contributed by atoms with Crippen molar-refractivity contribution in [2.45, 2.75) is 27.7 Å². The van der Waals surface area contributed by atoms with Gasteiger partial charge in [-0.15, -0.1) is 0 Å². The van der Waals surface area contributed by atoms with Crippen LogP contribution in [0.15, 0.2) is 18.5 Å². The van der Waals surface area contributed by atoms with Gasteiger partial charge in [0.1, 0.15) is 6.33 Å². The molecule has 0 bridgehead atoms. The van der Waals surface area contributed by atoms with Gasteiger partial charge in [0.2, 0.25) is 5.88 Å². The maximum Gasteiger partial charge on any atom is 0.225 e. The second kappa shape index (κ2) is 4.49. The van der Waals surface area contributed by atoms with Gasteiger partial charge in [0.25, 0.3) is 0 Å². The van der Waals surface area contributed by atoms with E-state index in [1.54, 1.807) is 0 Å². The standard InChI is InChI=1S/C13H15N3O/c1-8-5-6-12(11(4)16-8)17-13-9(2)10(3)14-7-15-13/h5-7H,1-4H3. The van der Waals surface area contributed by atoms with Gasteiger partial charge in [-0.1, -0.05) is 0 Å². The van der Waals surface area contributed by atoms with Crippen LogP contribution in [0, 0.1) is 27.7 Å². The molecule has 0 N–H and O–H groups in total. The van der Waals surface area contributed by atoms with Crippen LogP contribution in [-0.4, -0.2) is 15.0 Å². The summed E-state index contributed by atoms with van der Waals surface area (Å²) in [4.78, 5) is 12.6. The van der Waals surface area contributed by atoms with Crippen molar-refractivity contribution in [2.24, 2.45) is 0 Å². The number of hydrogen-bond acceptors (Lipinski definition) is 4. The fourth-order valence-corrected chi connectivity index (χ4v) is 1.51. The first-order valence-electron chi connectivity index (χ1n) is 5.48. The molecule has 0 radical (unpaired) electrons. The fraction of sp³-hybridized carbons (Fsp3) is 0.308. The van der Waals surface area contributed by atoms with Gasteiger partial charge in [-0.05, 0) is 39.8 Å². The zero-order chi connectivity index (χ0) is 12.4. The smallest absolute Gasteiger partial charge is 0.225 e. The lowest BCUT2D eigenvalue weighted by molar-refractivity contribution is 0.450. The predicted molar refractivity (Wildman–Crippen MR) is 65.3 cm³/mol. The minimum atomic E-state index is 0.589. The summed E-state index contributed by atoms with van der Waals surface area (Å²) in [5.74, 6) is 1.32. The first kappa shape index (κ1) is 11.5. The molecule has 2 heterocycles. The maximum absolute atomic E-state index is 5.76. The average Bonchev–Trinajstić information content (AvgIpc) is 2.28. The van der Waals surface area contributed by atoms with Crippen LogP contribution in [0.2, 0.25) is 0 Å². The number of aromatic nitrogens is 3. The molecule has 2 aromatic heterocycles. The minimum absolute atomic E-state index is 0.589. The molecule has 0 unspecified atom stereocenters. The molecule has 2 rings (SSSR count). The SMILES string of the molecule is Cc1ccc(Oc2ncnc(C)c2C)c(C)n1. The summed E-state index contributed by atoms with van der Waals surface area (Å²) in [5, 5.41) is 0. The van der Waals surface area contributed by atoms with E-state index in [0.29, 0.717) is 5.88 Å². The van der Waals surface area contributed by atoms with Crippen molar-refractivity contribution in [1.82, 2.24) is 15.0 Å². The van der Waals surface area contributed by atoms with Gasteiger partial charge in [0.15, 0.2) is 5.75 Å². The first-order chi connectivity index (χ1) is 8.08. The lowest BCUT2D eigenvalue weighted by Crippen LogP contribution is -1.98. The van der Waals surface area contributed by atoms with Gasteiger partial charge >= 0.3 is 0 Å². The highest BCUT2D eigenvalue weighted by atomic mass is 16.5. The van der Waals surface area contributed by atoms with Crippen LogP contribution in [0.25, 0.3) is 0 Å². The van der Waals surface area contributed by atoms with Gasteiger partial charge in [0.05, 0.1) is 5.69 Å². The number of ether oxygens (including phenoxy) is 1. The minimum Gasteiger partial charge on any atom is -0.437 e. The molecule has 2 aromatic rings. The third-order valence-electron chi connectivity index (χ3n) is 2.67. The third-order valence-corrected chi connectivity index (χ3v) is 2.67. The first-order valence-corrected chi connectivity index (χ1v) is 5.48. The van der Waals surface area contributed by atoms with Crippen LogP contribution < -0.4 is 4.74 Å². The van der Waals surface area contributed by atoms with Crippen molar-refractivity contribution in [2.75, 3.05) is 0 Å². The van der Waals surface area contributed by atoms with Gasteiger partial charge in [-0.25, -0.2) is 9.97 Å². The second-order valence-electron chi connectivity index (χ2n) is 4.03. The summed E-state index contributed by atoms with van der Waals surface area (Å²) < 4.78 is 5.76. The van der Waals surface area contributed by atoms with E-state index in [0.717, 1.165) is 28.4 Å². The Kier molecular flexibility index (Phi) is 3.04. The second-order valence-corrected chi connectivity index (χ2v) is 4.03. The van der Waals surface area contributed by atoms with Gasteiger partial charge < -0.3 is 4.74 Å². The highest BCUT2D eigenvalue weighted by molar-refractivity contribution is 5.35. The highest BCUT2D eigenvalue weighted by Gasteiger charge is 2.08. The molecule has 4 nitrogen and oxygen atoms in total. The molecule has 0 aromatic carbocycles. The Morgan fingerprint density at radius 2 is 1.71 bits per heavy atom. The Morgan fingerprint density at radius 1 is 0.941 bits per heavy atom. The predicted octanol–water partition coefficient (Wildman–Crippen LogP) is 2.90. The van der Waals surface area contributed by atoms with E-state index in [1.807, 2.05) is 39.8 Å². The van der Waals surface area contributed by atoms with Crippen molar-refractivity contribution in [3.05, 3.63) is 41.1 Å². The van der Waals surface area contributed by atoms with Crippen molar-refractivity contribution < 1.29 is 4.74 Å². The summed E-state index contributed by atoms with van der Waals surface area (Å²) in [5.41, 5.74) is 3.71. The Hall–Kier alpha value is -1.97. The normalized spacial score (nSPS) is 10.4. The molecule has 0 atom stereocenters. The van der Waals surface area contributed by atoms with Crippen molar-refractivity contribution in [3.8, 4) is 11.6 Å². The van der Waals surface area contributed by atoms with Crippen LogP contribution in [-0.2, 0) is 0 Å². The zero-order valence-corrected chi connectivity index (χ0v) is 10.5. The molecule has 4 heteroatoms. The maximum atomic E-state index is 5.76. The van der Waals surface area contributed by atoms with Crippen molar-refractivity contribution in [1.29, 1.82) is 0 Å². The zero-order valence-electron chi connectivity index (χ0n) is 10.5. The summed E-state index contributed by atoms with van der Waals surface area (Å²) in [6.45, 7) is 7.76. The topological polar surface area (TPSA) is 47.9 Å².